The highest BCUT2D eigenvalue weighted by molar-refractivity contribution is 5.85. The van der Waals surface area contributed by atoms with Crippen molar-refractivity contribution < 1.29 is 14.3 Å². The molecule has 0 radical (unpaired) electrons. The molecular formula is C11H16N4O3. The normalized spacial score (nSPS) is 9.83. The average molecular weight is 252 g/mol. The lowest BCUT2D eigenvalue weighted by Gasteiger charge is -2.22. The maximum Gasteiger partial charge on any atom is 0.236 e. The molecule has 2 amide bonds. The van der Waals surface area contributed by atoms with Gasteiger partial charge in [-0.1, -0.05) is 0 Å². The zero-order chi connectivity index (χ0) is 13.7. The summed E-state index contributed by atoms with van der Waals surface area (Å²) in [4.78, 5) is 23.4. The molecule has 6 N–H and O–H groups in total. The van der Waals surface area contributed by atoms with Crippen LogP contribution in [0.4, 0.5) is 11.4 Å². The minimum absolute atomic E-state index is 0.129. The van der Waals surface area contributed by atoms with Gasteiger partial charge >= 0.3 is 0 Å². The molecule has 18 heavy (non-hydrogen) atoms. The summed E-state index contributed by atoms with van der Waals surface area (Å²) in [5, 5.41) is 0. The molecule has 0 bridgehead atoms. The molecule has 0 unspecified atom stereocenters. The van der Waals surface area contributed by atoms with E-state index in [4.69, 9.17) is 21.9 Å². The van der Waals surface area contributed by atoms with Crippen molar-refractivity contribution in [1.82, 2.24) is 0 Å². The van der Waals surface area contributed by atoms with Crippen molar-refractivity contribution >= 4 is 23.2 Å². The van der Waals surface area contributed by atoms with Crippen molar-refractivity contribution in [3.63, 3.8) is 0 Å². The minimum Gasteiger partial charge on any atom is -0.497 e. The van der Waals surface area contributed by atoms with Gasteiger partial charge in [0.15, 0.2) is 0 Å². The Kier molecular flexibility index (Phi) is 4.36. The molecule has 0 atom stereocenters. The van der Waals surface area contributed by atoms with E-state index in [2.05, 4.69) is 0 Å². The topological polar surface area (TPSA) is 125 Å². The number of amides is 2. The van der Waals surface area contributed by atoms with Crippen LogP contribution in [0.1, 0.15) is 0 Å². The van der Waals surface area contributed by atoms with E-state index in [1.807, 2.05) is 0 Å². The number of primary amides is 2. The number of nitrogen functional groups attached to an aromatic ring is 1. The van der Waals surface area contributed by atoms with E-state index >= 15 is 0 Å². The van der Waals surface area contributed by atoms with Gasteiger partial charge in [-0.05, 0) is 6.07 Å². The number of ether oxygens (including phenoxy) is 1. The van der Waals surface area contributed by atoms with Crippen molar-refractivity contribution in [3.8, 4) is 5.75 Å². The Hall–Kier alpha value is -2.44. The second-order valence-electron chi connectivity index (χ2n) is 3.75. The Labute approximate surface area is 104 Å². The fourth-order valence-corrected chi connectivity index (χ4v) is 1.52. The number of hydrogen-bond donors (Lipinski definition) is 3. The van der Waals surface area contributed by atoms with E-state index in [0.29, 0.717) is 17.1 Å². The summed E-state index contributed by atoms with van der Waals surface area (Å²) in [6.07, 6.45) is 0. The van der Waals surface area contributed by atoms with Crippen LogP contribution in [0.5, 0.6) is 5.75 Å². The molecule has 0 saturated carbocycles. The van der Waals surface area contributed by atoms with Gasteiger partial charge in [-0.15, -0.1) is 0 Å². The van der Waals surface area contributed by atoms with Crippen LogP contribution in [-0.2, 0) is 9.59 Å². The molecule has 0 spiro atoms. The summed E-state index contributed by atoms with van der Waals surface area (Å²) in [5.41, 5.74) is 16.9. The van der Waals surface area contributed by atoms with E-state index in [9.17, 15) is 9.59 Å². The molecule has 1 aromatic carbocycles. The second kappa shape index (κ2) is 5.76. The summed E-state index contributed by atoms with van der Waals surface area (Å²) in [6.45, 7) is -0.259. The van der Waals surface area contributed by atoms with Gasteiger partial charge < -0.3 is 26.8 Å². The number of anilines is 2. The number of methoxy groups -OCH3 is 1. The lowest BCUT2D eigenvalue weighted by molar-refractivity contribution is -0.117. The number of nitrogens with zero attached hydrogens (tertiary/aromatic N) is 1. The summed E-state index contributed by atoms with van der Waals surface area (Å²) < 4.78 is 5.06. The standard InChI is InChI=1S/C11H16N4O3/c1-18-9-3-7(12)2-8(4-9)15(5-10(13)16)6-11(14)17/h2-4H,5-6,12H2,1H3,(H2,13,16)(H2,14,17). The third-order valence-corrected chi connectivity index (χ3v) is 2.21. The van der Waals surface area contributed by atoms with Crippen LogP contribution in [0, 0.1) is 0 Å². The number of hydrogen-bond acceptors (Lipinski definition) is 5. The fraction of sp³-hybridized carbons (Fsp3) is 0.273. The van der Waals surface area contributed by atoms with E-state index in [0.717, 1.165) is 0 Å². The van der Waals surface area contributed by atoms with Crippen molar-refractivity contribution in [3.05, 3.63) is 18.2 Å². The van der Waals surface area contributed by atoms with Crippen LogP contribution in [0.2, 0.25) is 0 Å². The third-order valence-electron chi connectivity index (χ3n) is 2.21. The van der Waals surface area contributed by atoms with E-state index in [1.54, 1.807) is 18.2 Å². The largest absolute Gasteiger partial charge is 0.497 e. The number of nitrogens with two attached hydrogens (primary N) is 3. The Morgan fingerprint density at radius 2 is 1.72 bits per heavy atom. The Morgan fingerprint density at radius 3 is 2.17 bits per heavy atom. The lowest BCUT2D eigenvalue weighted by atomic mass is 10.2. The molecule has 0 aliphatic heterocycles. The van der Waals surface area contributed by atoms with E-state index < -0.39 is 11.8 Å². The first-order valence-electron chi connectivity index (χ1n) is 5.18. The Balaban J connectivity index is 3.06. The van der Waals surface area contributed by atoms with Crippen LogP contribution < -0.4 is 26.8 Å². The van der Waals surface area contributed by atoms with Crippen molar-refractivity contribution in [2.75, 3.05) is 30.8 Å². The minimum atomic E-state index is -0.572. The monoisotopic (exact) mass is 252 g/mol. The third kappa shape index (κ3) is 3.85. The molecule has 0 aliphatic rings. The first-order valence-corrected chi connectivity index (χ1v) is 5.18. The van der Waals surface area contributed by atoms with Gasteiger partial charge in [0.2, 0.25) is 11.8 Å². The van der Waals surface area contributed by atoms with Crippen LogP contribution >= 0.6 is 0 Å². The highest BCUT2D eigenvalue weighted by atomic mass is 16.5. The predicted molar refractivity (Wildman–Crippen MR) is 68.0 cm³/mol. The van der Waals surface area contributed by atoms with Crippen LogP contribution in [0.25, 0.3) is 0 Å². The SMILES string of the molecule is COc1cc(N)cc(N(CC(N)=O)CC(N)=O)c1. The molecule has 0 heterocycles. The van der Waals surface area contributed by atoms with Gasteiger partial charge in [0.1, 0.15) is 5.75 Å². The van der Waals surface area contributed by atoms with E-state index in [1.165, 1.54) is 12.0 Å². The zero-order valence-electron chi connectivity index (χ0n) is 10.1. The Bertz CT molecular complexity index is 446. The first kappa shape index (κ1) is 13.6. The van der Waals surface area contributed by atoms with E-state index in [-0.39, 0.29) is 13.1 Å². The smallest absolute Gasteiger partial charge is 0.236 e. The summed E-state index contributed by atoms with van der Waals surface area (Å²) in [6, 6.07) is 4.87. The molecule has 7 heteroatoms. The first-order chi connectivity index (χ1) is 8.42. The average Bonchev–Trinajstić information content (AvgIpc) is 2.26. The van der Waals surface area contributed by atoms with Crippen LogP contribution in [-0.4, -0.2) is 32.0 Å². The van der Waals surface area contributed by atoms with Gasteiger partial charge in [-0.2, -0.15) is 0 Å². The number of rotatable bonds is 6. The second-order valence-corrected chi connectivity index (χ2v) is 3.75. The number of carbonyl (C=O) groups is 2. The van der Waals surface area contributed by atoms with Crippen molar-refractivity contribution in [2.24, 2.45) is 11.5 Å². The molecule has 1 aromatic rings. The highest BCUT2D eigenvalue weighted by Crippen LogP contribution is 2.25. The molecular weight excluding hydrogens is 236 g/mol. The molecule has 0 saturated heterocycles. The maximum absolute atomic E-state index is 11.0. The van der Waals surface area contributed by atoms with Gasteiger partial charge in [0.05, 0.1) is 20.2 Å². The fourth-order valence-electron chi connectivity index (χ4n) is 1.52. The van der Waals surface area contributed by atoms with Crippen LogP contribution in [0.15, 0.2) is 18.2 Å². The maximum atomic E-state index is 11.0. The summed E-state index contributed by atoms with van der Waals surface area (Å²) >= 11 is 0. The molecule has 98 valence electrons. The summed E-state index contributed by atoms with van der Waals surface area (Å²) in [5.74, 6) is -0.626. The molecule has 1 rings (SSSR count). The van der Waals surface area contributed by atoms with Gasteiger partial charge in [-0.3, -0.25) is 9.59 Å². The zero-order valence-corrected chi connectivity index (χ0v) is 10.1. The Morgan fingerprint density at radius 1 is 1.17 bits per heavy atom. The molecule has 0 aromatic heterocycles. The number of benzene rings is 1. The summed E-state index contributed by atoms with van der Waals surface area (Å²) in [7, 11) is 1.49. The van der Waals surface area contributed by atoms with Gasteiger partial charge in [-0.25, -0.2) is 0 Å². The quantitative estimate of drug-likeness (QED) is 0.563. The highest BCUT2D eigenvalue weighted by Gasteiger charge is 2.13. The van der Waals surface area contributed by atoms with Crippen molar-refractivity contribution in [1.29, 1.82) is 0 Å². The molecule has 0 aliphatic carbocycles. The molecule has 0 fully saturated rings. The molecule has 7 nitrogen and oxygen atoms in total. The number of carbonyl (C=O) groups excluding carboxylic acids is 2. The van der Waals surface area contributed by atoms with Crippen molar-refractivity contribution in [2.45, 2.75) is 0 Å². The van der Waals surface area contributed by atoms with Crippen LogP contribution in [0.3, 0.4) is 0 Å². The lowest BCUT2D eigenvalue weighted by Crippen LogP contribution is -2.39. The van der Waals surface area contributed by atoms with Gasteiger partial charge in [0.25, 0.3) is 0 Å². The predicted octanol–water partition coefficient (Wildman–Crippen LogP) is -0.946. The van der Waals surface area contributed by atoms with Gasteiger partial charge in [0, 0.05) is 23.5 Å².